The molecule has 7 heteroatoms. The average Bonchev–Trinajstić information content (AvgIpc) is 3.00. The molecular formula is C21H18Cl2FN3O. The molecule has 4 nitrogen and oxygen atoms in total. The van der Waals surface area contributed by atoms with Crippen molar-refractivity contribution >= 4 is 46.5 Å². The zero-order valence-corrected chi connectivity index (χ0v) is 16.7. The highest BCUT2D eigenvalue weighted by Crippen LogP contribution is 2.36. The summed E-state index contributed by atoms with van der Waals surface area (Å²) in [7, 11) is 0. The summed E-state index contributed by atoms with van der Waals surface area (Å²) in [5, 5.41) is 2.42. The Bertz CT molecular complexity index is 1300. The first-order valence-electron chi connectivity index (χ1n) is 8.53. The Kier molecular flexibility index (Phi) is 5.19. The Labute approximate surface area is 173 Å². The second-order valence-electron chi connectivity index (χ2n) is 6.75. The maximum absolute atomic E-state index is 14.1. The van der Waals surface area contributed by atoms with Gasteiger partial charge in [-0.15, -0.1) is 24.8 Å². The third-order valence-corrected chi connectivity index (χ3v) is 5.27. The van der Waals surface area contributed by atoms with Crippen LogP contribution in [0.2, 0.25) is 0 Å². The van der Waals surface area contributed by atoms with E-state index in [1.165, 1.54) is 6.07 Å². The van der Waals surface area contributed by atoms with E-state index >= 15 is 0 Å². The molecule has 28 heavy (non-hydrogen) atoms. The van der Waals surface area contributed by atoms with Gasteiger partial charge in [-0.3, -0.25) is 4.79 Å². The van der Waals surface area contributed by atoms with Crippen molar-refractivity contribution < 1.29 is 4.39 Å². The van der Waals surface area contributed by atoms with Crippen LogP contribution in [0.4, 0.5) is 4.39 Å². The summed E-state index contributed by atoms with van der Waals surface area (Å²) in [6.07, 6.45) is 0. The first-order chi connectivity index (χ1) is 12.6. The lowest BCUT2D eigenvalue weighted by molar-refractivity contribution is 0.620. The van der Waals surface area contributed by atoms with Gasteiger partial charge >= 0.3 is 0 Å². The number of rotatable bonds is 1. The highest BCUT2D eigenvalue weighted by Gasteiger charge is 2.26. The number of nitrogens with two attached hydrogens (primary N) is 1. The molecule has 0 atom stereocenters. The van der Waals surface area contributed by atoms with E-state index in [2.05, 4.69) is 0 Å². The van der Waals surface area contributed by atoms with Gasteiger partial charge in [-0.25, -0.2) is 9.37 Å². The molecule has 2 aromatic carbocycles. The van der Waals surface area contributed by atoms with Crippen molar-refractivity contribution in [1.82, 2.24) is 9.55 Å². The number of halogens is 3. The number of aryl methyl sites for hydroxylation is 1. The quantitative estimate of drug-likeness (QED) is 0.441. The van der Waals surface area contributed by atoms with Crippen molar-refractivity contribution in [2.75, 3.05) is 0 Å². The number of fused-ring (bicyclic) bond motifs is 5. The second-order valence-corrected chi connectivity index (χ2v) is 6.75. The summed E-state index contributed by atoms with van der Waals surface area (Å²) in [6.45, 7) is 2.49. The van der Waals surface area contributed by atoms with Gasteiger partial charge in [0.05, 0.1) is 23.4 Å². The summed E-state index contributed by atoms with van der Waals surface area (Å²) in [6, 6.07) is 12.7. The molecule has 1 aliphatic rings. The van der Waals surface area contributed by atoms with Crippen LogP contribution in [-0.4, -0.2) is 9.55 Å². The molecule has 0 bridgehead atoms. The lowest BCUT2D eigenvalue weighted by Gasteiger charge is -2.11. The van der Waals surface area contributed by atoms with E-state index in [0.29, 0.717) is 29.6 Å². The third-order valence-electron chi connectivity index (χ3n) is 5.27. The van der Waals surface area contributed by atoms with Crippen LogP contribution in [0.15, 0.2) is 47.3 Å². The molecule has 3 heterocycles. The van der Waals surface area contributed by atoms with E-state index in [1.54, 1.807) is 17.6 Å². The van der Waals surface area contributed by atoms with Crippen LogP contribution in [0.1, 0.15) is 16.7 Å². The minimum Gasteiger partial charge on any atom is -0.326 e. The second kappa shape index (κ2) is 7.17. The van der Waals surface area contributed by atoms with Gasteiger partial charge in [-0.2, -0.15) is 0 Å². The molecule has 0 unspecified atom stereocenters. The summed E-state index contributed by atoms with van der Waals surface area (Å²) in [5.74, 6) is -0.290. The van der Waals surface area contributed by atoms with Gasteiger partial charge in [0.1, 0.15) is 5.82 Å². The zero-order valence-electron chi connectivity index (χ0n) is 15.0. The first-order valence-corrected chi connectivity index (χ1v) is 8.53. The number of hydrogen-bond acceptors (Lipinski definition) is 3. The summed E-state index contributed by atoms with van der Waals surface area (Å²) in [5.41, 5.74) is 10.5. The van der Waals surface area contributed by atoms with E-state index in [1.807, 2.05) is 30.3 Å². The molecule has 0 amide bonds. The summed E-state index contributed by atoms with van der Waals surface area (Å²) < 4.78 is 15.8. The maximum atomic E-state index is 14.1. The van der Waals surface area contributed by atoms with Crippen molar-refractivity contribution in [2.45, 2.75) is 20.0 Å². The molecule has 0 aliphatic carbocycles. The van der Waals surface area contributed by atoms with Crippen molar-refractivity contribution in [3.05, 3.63) is 75.3 Å². The number of hydrogen-bond donors (Lipinski definition) is 1. The highest BCUT2D eigenvalue weighted by molar-refractivity contribution is 5.91. The van der Waals surface area contributed by atoms with Gasteiger partial charge in [0.25, 0.3) is 5.56 Å². The predicted molar refractivity (Wildman–Crippen MR) is 115 cm³/mol. The van der Waals surface area contributed by atoms with Gasteiger partial charge in [0.15, 0.2) is 0 Å². The largest absolute Gasteiger partial charge is 0.326 e. The van der Waals surface area contributed by atoms with Crippen LogP contribution in [0.25, 0.3) is 33.1 Å². The van der Waals surface area contributed by atoms with Crippen molar-refractivity contribution in [3.8, 4) is 11.4 Å². The molecule has 0 spiro atoms. The normalized spacial score (nSPS) is 11.7. The molecule has 2 aromatic heterocycles. The van der Waals surface area contributed by atoms with E-state index in [4.69, 9.17) is 10.7 Å². The molecule has 144 valence electrons. The van der Waals surface area contributed by atoms with E-state index in [0.717, 1.165) is 33.3 Å². The molecule has 0 saturated carbocycles. The standard InChI is InChI=1S/C21H16FN3O.2ClH/c1-11-6-14-15(9-23)16-10-25-19(20(16)24-18(14)8-17(11)22)7-12-4-2-3-5-13(12)21(25)26;;/h2-8H,9-10,23H2,1H3;2*1H. The van der Waals surface area contributed by atoms with Crippen LogP contribution in [0.3, 0.4) is 0 Å². The number of nitrogens with zero attached hydrogens (tertiary/aromatic N) is 2. The number of benzene rings is 2. The van der Waals surface area contributed by atoms with Crippen LogP contribution in [-0.2, 0) is 13.1 Å². The van der Waals surface area contributed by atoms with Gasteiger partial charge in [-0.05, 0) is 41.6 Å². The van der Waals surface area contributed by atoms with Crippen LogP contribution in [0, 0.1) is 12.7 Å². The average molecular weight is 418 g/mol. The van der Waals surface area contributed by atoms with Crippen molar-refractivity contribution in [2.24, 2.45) is 5.73 Å². The fourth-order valence-electron chi connectivity index (χ4n) is 3.92. The lowest BCUT2D eigenvalue weighted by Crippen LogP contribution is -2.19. The van der Waals surface area contributed by atoms with E-state index in [-0.39, 0.29) is 36.2 Å². The third kappa shape index (κ3) is 2.70. The molecule has 2 N–H and O–H groups in total. The van der Waals surface area contributed by atoms with Gasteiger partial charge in [0.2, 0.25) is 0 Å². The number of aromatic nitrogens is 2. The Morgan fingerprint density at radius 1 is 1.14 bits per heavy atom. The van der Waals surface area contributed by atoms with Gasteiger partial charge in [-0.1, -0.05) is 18.2 Å². The Morgan fingerprint density at radius 2 is 1.89 bits per heavy atom. The van der Waals surface area contributed by atoms with Crippen molar-refractivity contribution in [3.63, 3.8) is 0 Å². The summed E-state index contributed by atoms with van der Waals surface area (Å²) in [4.78, 5) is 17.6. The molecule has 5 rings (SSSR count). The van der Waals surface area contributed by atoms with Gasteiger partial charge in [0, 0.05) is 28.9 Å². The molecule has 0 radical (unpaired) electrons. The fourth-order valence-corrected chi connectivity index (χ4v) is 3.92. The van der Waals surface area contributed by atoms with Crippen LogP contribution < -0.4 is 11.3 Å². The van der Waals surface area contributed by atoms with E-state index in [9.17, 15) is 9.18 Å². The lowest BCUT2D eigenvalue weighted by atomic mass is 9.99. The Hall–Kier alpha value is -2.47. The fraction of sp³-hybridized carbons (Fsp3) is 0.143. The minimum absolute atomic E-state index is 0. The highest BCUT2D eigenvalue weighted by atomic mass is 35.5. The number of pyridine rings is 2. The van der Waals surface area contributed by atoms with Crippen LogP contribution in [0.5, 0.6) is 0 Å². The maximum Gasteiger partial charge on any atom is 0.259 e. The summed E-state index contributed by atoms with van der Waals surface area (Å²) >= 11 is 0. The molecule has 0 saturated heterocycles. The molecule has 0 fully saturated rings. The van der Waals surface area contributed by atoms with Gasteiger partial charge < -0.3 is 10.3 Å². The van der Waals surface area contributed by atoms with E-state index < -0.39 is 0 Å². The predicted octanol–water partition coefficient (Wildman–Crippen LogP) is 4.33. The first kappa shape index (κ1) is 20.3. The van der Waals surface area contributed by atoms with Crippen molar-refractivity contribution in [1.29, 1.82) is 0 Å². The van der Waals surface area contributed by atoms with Crippen LogP contribution >= 0.6 is 24.8 Å². The smallest absolute Gasteiger partial charge is 0.259 e. The minimum atomic E-state index is -0.290. The topological polar surface area (TPSA) is 60.9 Å². The molecule has 1 aliphatic heterocycles. The Morgan fingerprint density at radius 3 is 2.64 bits per heavy atom. The monoisotopic (exact) mass is 417 g/mol. The zero-order chi connectivity index (χ0) is 18.0. The molecular weight excluding hydrogens is 400 g/mol. The SMILES string of the molecule is Cc1cc2c(CN)c3c(nc2cc1F)-c1cc2ccccc2c(=O)n1C3.Cl.Cl. The Balaban J connectivity index is 0.00000112. The molecule has 4 aromatic rings.